The number of nitrogens with one attached hydrogen (secondary N) is 2. The molecule has 34 heavy (non-hydrogen) atoms. The Balaban J connectivity index is 1.42. The van der Waals surface area contributed by atoms with E-state index >= 15 is 0 Å². The van der Waals surface area contributed by atoms with Gasteiger partial charge in [0.05, 0.1) is 38.8 Å². The molecular formula is C24H23N3O4S3. The number of rotatable bonds is 9. The number of hydrogen-bond donors (Lipinski definition) is 2. The Labute approximate surface area is 206 Å². The number of aromatic nitrogens is 1. The number of ether oxygens (including phenoxy) is 1. The van der Waals surface area contributed by atoms with Crippen molar-refractivity contribution >= 4 is 60.6 Å². The number of hydrogen-bond acceptors (Lipinski definition) is 7. The maximum Gasteiger partial charge on any atom is 0.261 e. The van der Waals surface area contributed by atoms with Gasteiger partial charge in [0.15, 0.2) is 4.34 Å². The number of fused-ring (bicyclic) bond motifs is 1. The van der Waals surface area contributed by atoms with E-state index in [2.05, 4.69) is 15.0 Å². The van der Waals surface area contributed by atoms with Gasteiger partial charge in [0.2, 0.25) is 5.91 Å². The van der Waals surface area contributed by atoms with Crippen LogP contribution in [0.25, 0.3) is 10.2 Å². The fourth-order valence-electron chi connectivity index (χ4n) is 3.12. The van der Waals surface area contributed by atoms with E-state index in [1.54, 1.807) is 48.5 Å². The lowest BCUT2D eigenvalue weighted by molar-refractivity contribution is -0.113. The average molecular weight is 514 g/mol. The molecule has 4 aromatic rings. The molecule has 10 heteroatoms. The molecule has 0 bridgehead atoms. The predicted octanol–water partition coefficient (Wildman–Crippen LogP) is 5.54. The van der Waals surface area contributed by atoms with Gasteiger partial charge in [-0.2, -0.15) is 0 Å². The van der Waals surface area contributed by atoms with Gasteiger partial charge in [-0.15, -0.1) is 11.3 Å². The Hall–Kier alpha value is -3.08. The molecule has 7 nitrogen and oxygen atoms in total. The summed E-state index contributed by atoms with van der Waals surface area (Å²) in [5.74, 6) is 0.663. The quantitative estimate of drug-likeness (QED) is 0.286. The maximum atomic E-state index is 12.8. The highest BCUT2D eigenvalue weighted by atomic mass is 32.2. The van der Waals surface area contributed by atoms with E-state index in [1.807, 2.05) is 32.0 Å². The predicted molar refractivity (Wildman–Crippen MR) is 139 cm³/mol. The fourth-order valence-corrected chi connectivity index (χ4v) is 6.09. The lowest BCUT2D eigenvalue weighted by Gasteiger charge is -2.13. The summed E-state index contributed by atoms with van der Waals surface area (Å²) in [4.78, 5) is 17.3. The van der Waals surface area contributed by atoms with E-state index in [4.69, 9.17) is 4.74 Å². The molecule has 1 aromatic heterocycles. The van der Waals surface area contributed by atoms with Crippen molar-refractivity contribution in [1.29, 1.82) is 0 Å². The van der Waals surface area contributed by atoms with Crippen LogP contribution < -0.4 is 14.8 Å². The zero-order chi connectivity index (χ0) is 24.1. The van der Waals surface area contributed by atoms with Gasteiger partial charge in [-0.25, -0.2) is 13.4 Å². The summed E-state index contributed by atoms with van der Waals surface area (Å²) in [5, 5.41) is 2.79. The van der Waals surface area contributed by atoms with Gasteiger partial charge in [-0.3, -0.25) is 9.52 Å². The van der Waals surface area contributed by atoms with E-state index in [1.165, 1.54) is 23.1 Å². The molecule has 176 valence electrons. The zero-order valence-corrected chi connectivity index (χ0v) is 21.0. The number of thioether (sulfide) groups is 1. The summed E-state index contributed by atoms with van der Waals surface area (Å²) in [6.45, 7) is 4.41. The minimum atomic E-state index is -3.79. The standard InChI is InChI=1S/C24H23N3O4S3/c1-3-31-17-10-13-21-22(14-17)33-24(26-21)32-15-23(28)25-19-6-4-5-7-20(19)27-34(29,30)18-11-8-16(2)9-12-18/h4-14,27H,3,15H2,1-2H3,(H,25,28). The largest absolute Gasteiger partial charge is 0.494 e. The SMILES string of the molecule is CCOc1ccc2nc(SCC(=O)Nc3ccccc3NS(=O)(=O)c3ccc(C)cc3)sc2c1. The van der Waals surface area contributed by atoms with Gasteiger partial charge in [-0.1, -0.05) is 41.6 Å². The second-order valence-electron chi connectivity index (χ2n) is 7.34. The Morgan fingerprint density at radius 1 is 1.06 bits per heavy atom. The third-order valence-electron chi connectivity index (χ3n) is 4.75. The normalized spacial score (nSPS) is 11.4. The Morgan fingerprint density at radius 2 is 1.79 bits per heavy atom. The molecule has 0 aliphatic carbocycles. The van der Waals surface area contributed by atoms with Crippen LogP contribution in [0.1, 0.15) is 12.5 Å². The molecule has 3 aromatic carbocycles. The Bertz CT molecular complexity index is 1420. The number of sulfonamides is 1. The third kappa shape index (κ3) is 5.88. The molecule has 0 aliphatic rings. The van der Waals surface area contributed by atoms with Crippen LogP contribution in [0.5, 0.6) is 5.75 Å². The van der Waals surface area contributed by atoms with Gasteiger partial charge < -0.3 is 10.1 Å². The van der Waals surface area contributed by atoms with Gasteiger partial charge in [0.1, 0.15) is 5.75 Å². The Kier molecular flexibility index (Phi) is 7.40. The van der Waals surface area contributed by atoms with Gasteiger partial charge in [-0.05, 0) is 56.3 Å². The van der Waals surface area contributed by atoms with Crippen molar-refractivity contribution in [3.63, 3.8) is 0 Å². The van der Waals surface area contributed by atoms with Crippen molar-refractivity contribution in [3.8, 4) is 5.75 Å². The van der Waals surface area contributed by atoms with Crippen LogP contribution >= 0.6 is 23.1 Å². The monoisotopic (exact) mass is 513 g/mol. The molecule has 1 heterocycles. The summed E-state index contributed by atoms with van der Waals surface area (Å²) in [7, 11) is -3.79. The molecule has 0 unspecified atom stereocenters. The van der Waals surface area contributed by atoms with Crippen LogP contribution in [0.4, 0.5) is 11.4 Å². The van der Waals surface area contributed by atoms with Gasteiger partial charge in [0.25, 0.3) is 10.0 Å². The van der Waals surface area contributed by atoms with Crippen LogP contribution in [0.15, 0.2) is 76.0 Å². The molecule has 0 spiro atoms. The first-order valence-electron chi connectivity index (χ1n) is 10.5. The minimum absolute atomic E-state index is 0.136. The van der Waals surface area contributed by atoms with Crippen molar-refractivity contribution in [3.05, 3.63) is 72.3 Å². The topological polar surface area (TPSA) is 97.4 Å². The maximum absolute atomic E-state index is 12.8. The lowest BCUT2D eigenvalue weighted by atomic mass is 10.2. The number of anilines is 2. The molecule has 0 radical (unpaired) electrons. The summed E-state index contributed by atoms with van der Waals surface area (Å²) in [6, 6.07) is 19.0. The first-order valence-corrected chi connectivity index (χ1v) is 13.8. The van der Waals surface area contributed by atoms with Crippen LogP contribution in [0.2, 0.25) is 0 Å². The summed E-state index contributed by atoms with van der Waals surface area (Å²) in [5.41, 5.74) is 2.50. The third-order valence-corrected chi connectivity index (χ3v) is 8.30. The van der Waals surface area contributed by atoms with Crippen LogP contribution in [-0.4, -0.2) is 31.7 Å². The van der Waals surface area contributed by atoms with Crippen molar-refractivity contribution in [2.75, 3.05) is 22.4 Å². The molecule has 1 amide bonds. The van der Waals surface area contributed by atoms with Crippen molar-refractivity contribution in [1.82, 2.24) is 4.98 Å². The minimum Gasteiger partial charge on any atom is -0.494 e. The first kappa shape index (κ1) is 24.1. The lowest BCUT2D eigenvalue weighted by Crippen LogP contribution is -2.18. The van der Waals surface area contributed by atoms with Crippen LogP contribution in [0, 0.1) is 6.92 Å². The van der Waals surface area contributed by atoms with Crippen molar-refractivity contribution < 1.29 is 17.9 Å². The zero-order valence-electron chi connectivity index (χ0n) is 18.6. The number of carbonyl (C=O) groups excluding carboxylic acids is 1. The smallest absolute Gasteiger partial charge is 0.261 e. The summed E-state index contributed by atoms with van der Waals surface area (Å²) in [6.07, 6.45) is 0. The van der Waals surface area contributed by atoms with E-state index in [9.17, 15) is 13.2 Å². The number of amides is 1. The van der Waals surface area contributed by atoms with Gasteiger partial charge in [0, 0.05) is 0 Å². The van der Waals surface area contributed by atoms with Gasteiger partial charge >= 0.3 is 0 Å². The van der Waals surface area contributed by atoms with Crippen molar-refractivity contribution in [2.45, 2.75) is 23.1 Å². The Morgan fingerprint density at radius 3 is 2.53 bits per heavy atom. The second-order valence-corrected chi connectivity index (χ2v) is 11.3. The summed E-state index contributed by atoms with van der Waals surface area (Å²) < 4.78 is 35.4. The van der Waals surface area contributed by atoms with E-state index < -0.39 is 10.0 Å². The van der Waals surface area contributed by atoms with E-state index in [0.717, 1.165) is 25.9 Å². The molecule has 0 atom stereocenters. The second kappa shape index (κ2) is 10.5. The van der Waals surface area contributed by atoms with E-state index in [0.29, 0.717) is 18.0 Å². The number of nitrogens with zero attached hydrogens (tertiary/aromatic N) is 1. The highest BCUT2D eigenvalue weighted by Crippen LogP contribution is 2.32. The number of carbonyl (C=O) groups is 1. The highest BCUT2D eigenvalue weighted by molar-refractivity contribution is 8.01. The first-order chi connectivity index (χ1) is 16.3. The van der Waals surface area contributed by atoms with Crippen molar-refractivity contribution in [2.24, 2.45) is 0 Å². The number of benzene rings is 3. The fraction of sp³-hybridized carbons (Fsp3) is 0.167. The summed E-state index contributed by atoms with van der Waals surface area (Å²) >= 11 is 2.82. The average Bonchev–Trinajstić information content (AvgIpc) is 3.22. The number of para-hydroxylation sites is 2. The van der Waals surface area contributed by atoms with Crippen LogP contribution in [-0.2, 0) is 14.8 Å². The number of aryl methyl sites for hydroxylation is 1. The number of thiazole rings is 1. The van der Waals surface area contributed by atoms with E-state index in [-0.39, 0.29) is 16.6 Å². The molecular weight excluding hydrogens is 490 g/mol. The van der Waals surface area contributed by atoms with Crippen LogP contribution in [0.3, 0.4) is 0 Å². The molecule has 2 N–H and O–H groups in total. The molecule has 0 saturated carbocycles. The molecule has 0 aliphatic heterocycles. The molecule has 0 saturated heterocycles. The highest BCUT2D eigenvalue weighted by Gasteiger charge is 2.17. The molecule has 0 fully saturated rings. The molecule has 4 rings (SSSR count).